The first-order valence-electron chi connectivity index (χ1n) is 8.56. The van der Waals surface area contributed by atoms with Crippen LogP contribution in [0.4, 0.5) is 0 Å². The van der Waals surface area contributed by atoms with Gasteiger partial charge in [0.2, 0.25) is 5.52 Å². The summed E-state index contributed by atoms with van der Waals surface area (Å²) in [6.07, 6.45) is 4.15. The van der Waals surface area contributed by atoms with Crippen LogP contribution in [0.1, 0.15) is 16.7 Å². The Kier molecular flexibility index (Phi) is 3.65. The van der Waals surface area contributed by atoms with Crippen molar-refractivity contribution in [3.05, 3.63) is 77.6 Å². The number of aromatic nitrogens is 3. The highest BCUT2D eigenvalue weighted by Gasteiger charge is 2.17. The lowest BCUT2D eigenvalue weighted by Crippen LogP contribution is -2.38. The first-order chi connectivity index (χ1) is 12.1. The molecule has 0 saturated carbocycles. The van der Waals surface area contributed by atoms with Gasteiger partial charge in [-0.3, -0.25) is 4.98 Å². The van der Waals surface area contributed by atoms with Crippen LogP contribution < -0.4 is 4.68 Å². The first kappa shape index (κ1) is 15.6. The molecule has 124 valence electrons. The summed E-state index contributed by atoms with van der Waals surface area (Å²) in [7, 11) is 2.08. The Morgan fingerprint density at radius 2 is 1.60 bits per heavy atom. The highest BCUT2D eigenvalue weighted by atomic mass is 15.4. The second-order valence-corrected chi connectivity index (χ2v) is 6.68. The molecule has 0 fully saturated rings. The summed E-state index contributed by atoms with van der Waals surface area (Å²) in [5.41, 5.74) is 8.32. The molecule has 2 aromatic heterocycles. The summed E-state index contributed by atoms with van der Waals surface area (Å²) >= 11 is 0. The Morgan fingerprint density at radius 1 is 0.880 bits per heavy atom. The number of fused-ring (bicyclic) bond motifs is 1. The van der Waals surface area contributed by atoms with Gasteiger partial charge in [0.15, 0.2) is 7.05 Å². The van der Waals surface area contributed by atoms with Gasteiger partial charge in [0, 0.05) is 11.6 Å². The van der Waals surface area contributed by atoms with E-state index in [4.69, 9.17) is 4.98 Å². The Hall–Kier alpha value is -2.94. The van der Waals surface area contributed by atoms with Crippen LogP contribution >= 0.6 is 0 Å². The second kappa shape index (κ2) is 5.85. The van der Waals surface area contributed by atoms with Crippen molar-refractivity contribution in [2.45, 2.75) is 20.8 Å². The van der Waals surface area contributed by atoms with Crippen LogP contribution in [-0.2, 0) is 7.05 Å². The number of nitrogens with zero attached hydrogens (tertiary/aromatic N) is 3. The zero-order chi connectivity index (χ0) is 17.6. The zero-order valence-corrected chi connectivity index (χ0v) is 15.1. The van der Waals surface area contributed by atoms with Crippen LogP contribution in [0.3, 0.4) is 0 Å². The van der Waals surface area contributed by atoms with Crippen LogP contribution in [0.15, 0.2) is 60.9 Å². The quantitative estimate of drug-likeness (QED) is 0.499. The van der Waals surface area contributed by atoms with Gasteiger partial charge in [-0.05, 0) is 49.6 Å². The molecule has 2 heterocycles. The van der Waals surface area contributed by atoms with Gasteiger partial charge in [0.05, 0.1) is 23.5 Å². The molecule has 3 heteroatoms. The monoisotopic (exact) mass is 328 g/mol. The van der Waals surface area contributed by atoms with E-state index in [1.807, 2.05) is 6.20 Å². The molecule has 0 N–H and O–H groups in total. The fourth-order valence-electron chi connectivity index (χ4n) is 3.60. The fraction of sp³-hybridized carbons (Fsp3) is 0.182. The average molecular weight is 328 g/mol. The molecule has 0 bridgehead atoms. The topological polar surface area (TPSA) is 21.7 Å². The number of para-hydroxylation sites is 1. The molecule has 4 aromatic rings. The van der Waals surface area contributed by atoms with Crippen molar-refractivity contribution < 1.29 is 4.68 Å². The van der Waals surface area contributed by atoms with E-state index < -0.39 is 0 Å². The first-order valence-corrected chi connectivity index (χ1v) is 8.56. The number of benzene rings is 2. The molecule has 0 aliphatic rings. The van der Waals surface area contributed by atoms with E-state index in [9.17, 15) is 0 Å². The van der Waals surface area contributed by atoms with Crippen LogP contribution in [0, 0.1) is 20.8 Å². The van der Waals surface area contributed by atoms with E-state index in [1.54, 1.807) is 0 Å². The molecule has 0 aliphatic carbocycles. The minimum Gasteiger partial charge on any atom is -0.254 e. The Morgan fingerprint density at radius 3 is 2.28 bits per heavy atom. The van der Waals surface area contributed by atoms with Crippen LogP contribution in [0.2, 0.25) is 0 Å². The predicted octanol–water partition coefficient (Wildman–Crippen LogP) is 4.44. The fourth-order valence-corrected chi connectivity index (χ4v) is 3.60. The van der Waals surface area contributed by atoms with Crippen LogP contribution in [0.25, 0.3) is 27.8 Å². The largest absolute Gasteiger partial charge is 0.254 e. The minimum atomic E-state index is 1.04. The van der Waals surface area contributed by atoms with Crippen molar-refractivity contribution in [1.29, 1.82) is 0 Å². The standard InChI is InChI=1S/C22H22N3/c1-15-8-7-9-16(2)22(15)19-12-17(3)21(13-23-19)25-14-18-10-5-6-11-20(18)24(25)4/h5-14H,1-4H3/q+1. The lowest BCUT2D eigenvalue weighted by Gasteiger charge is -2.11. The predicted molar refractivity (Wildman–Crippen MR) is 102 cm³/mol. The van der Waals surface area contributed by atoms with Gasteiger partial charge in [0.25, 0.3) is 0 Å². The molecule has 4 rings (SSSR count). The Labute approximate surface area is 148 Å². The van der Waals surface area contributed by atoms with E-state index in [1.165, 1.54) is 33.2 Å². The summed E-state index contributed by atoms with van der Waals surface area (Å²) in [5, 5.41) is 1.23. The third kappa shape index (κ3) is 2.52. The summed E-state index contributed by atoms with van der Waals surface area (Å²) in [6, 6.07) is 17.0. The second-order valence-electron chi connectivity index (χ2n) is 6.68. The molecule has 0 unspecified atom stereocenters. The number of hydrogen-bond acceptors (Lipinski definition) is 1. The third-order valence-electron chi connectivity index (χ3n) is 4.94. The average Bonchev–Trinajstić information content (AvgIpc) is 2.92. The van der Waals surface area contributed by atoms with Gasteiger partial charge in [0.1, 0.15) is 5.69 Å². The third-order valence-corrected chi connectivity index (χ3v) is 4.94. The molecule has 0 radical (unpaired) electrons. The number of rotatable bonds is 2. The Balaban J connectivity index is 1.87. The van der Waals surface area contributed by atoms with Gasteiger partial charge < -0.3 is 0 Å². The van der Waals surface area contributed by atoms with Gasteiger partial charge in [-0.25, -0.2) is 0 Å². The van der Waals surface area contributed by atoms with Gasteiger partial charge in [-0.2, -0.15) is 0 Å². The van der Waals surface area contributed by atoms with E-state index >= 15 is 0 Å². The normalized spacial score (nSPS) is 11.2. The van der Waals surface area contributed by atoms with E-state index in [0.29, 0.717) is 0 Å². The van der Waals surface area contributed by atoms with Crippen LogP contribution in [-0.4, -0.2) is 9.67 Å². The SMILES string of the molecule is Cc1cc(-c2c(C)cccc2C)ncc1-n1cc2ccccc2[n+]1C. The van der Waals surface area contributed by atoms with Crippen molar-refractivity contribution in [2.75, 3.05) is 0 Å². The minimum absolute atomic E-state index is 1.04. The van der Waals surface area contributed by atoms with Crippen molar-refractivity contribution in [3.63, 3.8) is 0 Å². The van der Waals surface area contributed by atoms with Crippen molar-refractivity contribution in [1.82, 2.24) is 9.67 Å². The highest BCUT2D eigenvalue weighted by molar-refractivity contribution is 5.75. The van der Waals surface area contributed by atoms with E-state index in [2.05, 4.69) is 91.9 Å². The molecule has 3 nitrogen and oxygen atoms in total. The van der Waals surface area contributed by atoms with Crippen molar-refractivity contribution in [3.8, 4) is 16.9 Å². The molecule has 0 atom stereocenters. The summed E-state index contributed by atoms with van der Waals surface area (Å²) in [4.78, 5) is 4.78. The molecule has 0 amide bonds. The molecular formula is C22H22N3+. The Bertz CT molecular complexity index is 1070. The maximum Gasteiger partial charge on any atom is 0.238 e. The summed E-state index contributed by atoms with van der Waals surface area (Å²) < 4.78 is 4.33. The molecule has 2 aromatic carbocycles. The molecule has 0 spiro atoms. The molecule has 25 heavy (non-hydrogen) atoms. The summed E-state index contributed by atoms with van der Waals surface area (Å²) in [5.74, 6) is 0. The molecule has 0 aliphatic heterocycles. The van der Waals surface area contributed by atoms with Crippen molar-refractivity contribution in [2.24, 2.45) is 7.05 Å². The summed E-state index contributed by atoms with van der Waals surface area (Å²) in [6.45, 7) is 6.44. The van der Waals surface area contributed by atoms with Gasteiger partial charge in [-0.1, -0.05) is 30.3 Å². The van der Waals surface area contributed by atoms with Crippen molar-refractivity contribution >= 4 is 10.9 Å². The van der Waals surface area contributed by atoms with E-state index in [0.717, 1.165) is 11.4 Å². The zero-order valence-electron chi connectivity index (χ0n) is 15.1. The van der Waals surface area contributed by atoms with Crippen LogP contribution in [0.5, 0.6) is 0 Å². The molecule has 0 saturated heterocycles. The highest BCUT2D eigenvalue weighted by Crippen LogP contribution is 2.27. The maximum absolute atomic E-state index is 4.78. The van der Waals surface area contributed by atoms with Gasteiger partial charge in [-0.15, -0.1) is 9.36 Å². The lowest BCUT2D eigenvalue weighted by atomic mass is 9.98. The molecular weight excluding hydrogens is 306 g/mol. The smallest absolute Gasteiger partial charge is 0.238 e. The number of pyridine rings is 1. The maximum atomic E-state index is 4.78. The number of aryl methyl sites for hydroxylation is 4. The van der Waals surface area contributed by atoms with Gasteiger partial charge >= 0.3 is 0 Å². The number of hydrogen-bond donors (Lipinski definition) is 0. The van der Waals surface area contributed by atoms with E-state index in [-0.39, 0.29) is 0 Å². The lowest BCUT2D eigenvalue weighted by molar-refractivity contribution is -0.720.